The lowest BCUT2D eigenvalue weighted by Gasteiger charge is -2.41. The molecule has 1 aromatic heterocycles. The monoisotopic (exact) mass is 412 g/mol. The zero-order chi connectivity index (χ0) is 20.7. The summed E-state index contributed by atoms with van der Waals surface area (Å²) < 4.78 is 17.9. The number of hydrogen-bond donors (Lipinski definition) is 0. The highest BCUT2D eigenvalue weighted by Crippen LogP contribution is 2.30. The van der Waals surface area contributed by atoms with Crippen molar-refractivity contribution in [3.8, 4) is 5.75 Å². The second kappa shape index (κ2) is 8.23. The van der Waals surface area contributed by atoms with E-state index in [1.807, 2.05) is 43.0 Å². The van der Waals surface area contributed by atoms with E-state index in [4.69, 9.17) is 13.9 Å². The summed E-state index contributed by atoms with van der Waals surface area (Å²) >= 11 is 0. The van der Waals surface area contributed by atoms with Crippen molar-refractivity contribution in [3.05, 3.63) is 30.0 Å². The number of ether oxygens (including phenoxy) is 2. The lowest BCUT2D eigenvalue weighted by Crippen LogP contribution is -2.48. The first-order valence-electron chi connectivity index (χ1n) is 11.4. The van der Waals surface area contributed by atoms with Crippen LogP contribution < -0.4 is 4.74 Å². The van der Waals surface area contributed by atoms with Crippen molar-refractivity contribution in [1.82, 2.24) is 9.80 Å². The summed E-state index contributed by atoms with van der Waals surface area (Å²) in [7, 11) is 0. The van der Waals surface area contributed by atoms with E-state index >= 15 is 0 Å². The minimum Gasteiger partial charge on any atom is -0.490 e. The molecule has 0 spiro atoms. The summed E-state index contributed by atoms with van der Waals surface area (Å²) in [6, 6.07) is 8.53. The van der Waals surface area contributed by atoms with Crippen molar-refractivity contribution < 1.29 is 18.7 Å². The van der Waals surface area contributed by atoms with Gasteiger partial charge in [-0.05, 0) is 63.8 Å². The van der Waals surface area contributed by atoms with E-state index in [1.54, 1.807) is 0 Å². The van der Waals surface area contributed by atoms with E-state index in [9.17, 15) is 4.79 Å². The number of benzene rings is 1. The Kier molecular flexibility index (Phi) is 5.46. The second-order valence-corrected chi connectivity index (χ2v) is 9.22. The van der Waals surface area contributed by atoms with Crippen molar-refractivity contribution in [2.75, 3.05) is 26.2 Å². The minimum absolute atomic E-state index is 0.0396. The van der Waals surface area contributed by atoms with Crippen LogP contribution in [0, 0.1) is 0 Å². The standard InChI is InChI=1S/C24H32N2O4/c1-16-14-26(15-17(2)28-16)24(27)23-13-18-12-21(6-7-22(18)30-23)29-20-8-10-25(11-9-20)19-4-3-5-19/h6-7,12-13,16-17,19-20H,3-5,8-11,14-15H2,1-2H3. The lowest BCUT2D eigenvalue weighted by atomic mass is 9.90. The van der Waals surface area contributed by atoms with Gasteiger partial charge in [-0.1, -0.05) is 6.42 Å². The summed E-state index contributed by atoms with van der Waals surface area (Å²) in [5, 5.41) is 0.914. The van der Waals surface area contributed by atoms with Crippen molar-refractivity contribution in [2.24, 2.45) is 0 Å². The Morgan fingerprint density at radius 2 is 1.77 bits per heavy atom. The lowest BCUT2D eigenvalue weighted by molar-refractivity contribution is -0.0591. The van der Waals surface area contributed by atoms with Gasteiger partial charge in [0.2, 0.25) is 0 Å². The number of morpholine rings is 1. The van der Waals surface area contributed by atoms with Crippen molar-refractivity contribution in [3.63, 3.8) is 0 Å². The fourth-order valence-electron chi connectivity index (χ4n) is 5.00. The van der Waals surface area contributed by atoms with Gasteiger partial charge in [-0.3, -0.25) is 4.79 Å². The highest BCUT2D eigenvalue weighted by atomic mass is 16.5. The van der Waals surface area contributed by atoms with Crippen molar-refractivity contribution >= 4 is 16.9 Å². The Morgan fingerprint density at radius 3 is 2.43 bits per heavy atom. The van der Waals surface area contributed by atoms with Crippen LogP contribution in [-0.2, 0) is 4.74 Å². The van der Waals surface area contributed by atoms with E-state index in [0.29, 0.717) is 18.8 Å². The largest absolute Gasteiger partial charge is 0.490 e. The Bertz CT molecular complexity index is 888. The van der Waals surface area contributed by atoms with E-state index in [0.717, 1.165) is 48.7 Å². The summed E-state index contributed by atoms with van der Waals surface area (Å²) in [6.45, 7) is 7.45. The molecule has 2 unspecified atom stereocenters. The third-order valence-electron chi connectivity index (χ3n) is 6.78. The number of carbonyl (C=O) groups excluding carboxylic acids is 1. The SMILES string of the molecule is CC1CN(C(=O)c2cc3cc(OC4CCN(C5CCC5)CC4)ccc3o2)CC(C)O1. The number of likely N-dealkylation sites (tertiary alicyclic amines) is 1. The quantitative estimate of drug-likeness (QED) is 0.757. The molecule has 2 atom stereocenters. The number of furan rings is 1. The van der Waals surface area contributed by atoms with Crippen LogP contribution in [0.5, 0.6) is 5.75 Å². The van der Waals surface area contributed by atoms with Crippen LogP contribution in [0.25, 0.3) is 11.0 Å². The van der Waals surface area contributed by atoms with Crippen LogP contribution in [-0.4, -0.2) is 66.2 Å². The summed E-state index contributed by atoms with van der Waals surface area (Å²) in [5.74, 6) is 1.18. The second-order valence-electron chi connectivity index (χ2n) is 9.22. The number of amides is 1. The molecular formula is C24H32N2O4. The van der Waals surface area contributed by atoms with Crippen molar-refractivity contribution in [2.45, 2.75) is 70.3 Å². The summed E-state index contributed by atoms with van der Waals surface area (Å²) in [6.07, 6.45) is 6.63. The predicted octanol–water partition coefficient (Wildman–Crippen LogP) is 4.08. The zero-order valence-corrected chi connectivity index (χ0v) is 18.0. The van der Waals surface area contributed by atoms with Gasteiger partial charge in [-0.2, -0.15) is 0 Å². The molecule has 2 aliphatic heterocycles. The van der Waals surface area contributed by atoms with E-state index in [1.165, 1.54) is 19.3 Å². The molecular weight excluding hydrogens is 380 g/mol. The molecule has 0 bridgehead atoms. The van der Waals surface area contributed by atoms with Crippen LogP contribution >= 0.6 is 0 Å². The molecule has 30 heavy (non-hydrogen) atoms. The third kappa shape index (κ3) is 4.08. The van der Waals surface area contributed by atoms with Crippen LogP contribution in [0.15, 0.2) is 28.7 Å². The average Bonchev–Trinajstić information content (AvgIpc) is 3.10. The molecule has 0 radical (unpaired) electrons. The highest BCUT2D eigenvalue weighted by molar-refractivity contribution is 5.96. The average molecular weight is 413 g/mol. The van der Waals surface area contributed by atoms with Gasteiger partial charge in [0.15, 0.2) is 5.76 Å². The number of nitrogens with zero attached hydrogens (tertiary/aromatic N) is 2. The van der Waals surface area contributed by atoms with Crippen LogP contribution in [0.2, 0.25) is 0 Å². The van der Waals surface area contributed by atoms with Gasteiger partial charge in [0.25, 0.3) is 5.91 Å². The topological polar surface area (TPSA) is 55.2 Å². The summed E-state index contributed by atoms with van der Waals surface area (Å²) in [5.41, 5.74) is 0.722. The van der Waals surface area contributed by atoms with E-state index < -0.39 is 0 Å². The molecule has 5 rings (SSSR count). The number of rotatable bonds is 4. The fraction of sp³-hybridized carbons (Fsp3) is 0.625. The molecule has 6 nitrogen and oxygen atoms in total. The first-order valence-corrected chi connectivity index (χ1v) is 11.4. The number of fused-ring (bicyclic) bond motifs is 1. The molecule has 6 heteroatoms. The van der Waals surface area contributed by atoms with Crippen molar-refractivity contribution in [1.29, 1.82) is 0 Å². The van der Waals surface area contributed by atoms with E-state index in [-0.39, 0.29) is 24.2 Å². The molecule has 1 aliphatic carbocycles. The summed E-state index contributed by atoms with van der Waals surface area (Å²) in [4.78, 5) is 17.4. The van der Waals surface area contributed by atoms with Crippen LogP contribution in [0.3, 0.4) is 0 Å². The Labute approximate surface area is 178 Å². The number of carbonyl (C=O) groups is 1. The molecule has 162 valence electrons. The third-order valence-corrected chi connectivity index (χ3v) is 6.78. The first kappa shape index (κ1) is 19.9. The molecule has 1 amide bonds. The predicted molar refractivity (Wildman–Crippen MR) is 115 cm³/mol. The van der Waals surface area contributed by atoms with Crippen LogP contribution in [0.4, 0.5) is 0 Å². The van der Waals surface area contributed by atoms with Gasteiger partial charge in [0.1, 0.15) is 17.4 Å². The normalized spacial score (nSPS) is 26.7. The molecule has 3 heterocycles. The molecule has 3 fully saturated rings. The van der Waals surface area contributed by atoms with Crippen LogP contribution in [0.1, 0.15) is 56.5 Å². The Hall–Kier alpha value is -2.05. The first-order chi connectivity index (χ1) is 14.5. The highest BCUT2D eigenvalue weighted by Gasteiger charge is 2.30. The van der Waals surface area contributed by atoms with Gasteiger partial charge in [-0.25, -0.2) is 0 Å². The molecule has 3 aliphatic rings. The zero-order valence-electron chi connectivity index (χ0n) is 18.0. The minimum atomic E-state index is -0.0703. The maximum Gasteiger partial charge on any atom is 0.289 e. The van der Waals surface area contributed by atoms with Gasteiger partial charge in [0, 0.05) is 37.6 Å². The molecule has 2 aromatic rings. The van der Waals surface area contributed by atoms with E-state index in [2.05, 4.69) is 4.90 Å². The maximum atomic E-state index is 12.9. The maximum absolute atomic E-state index is 12.9. The fourth-order valence-corrected chi connectivity index (χ4v) is 5.00. The number of hydrogen-bond acceptors (Lipinski definition) is 5. The Morgan fingerprint density at radius 1 is 1.03 bits per heavy atom. The molecule has 1 saturated carbocycles. The van der Waals surface area contributed by atoms with Gasteiger partial charge >= 0.3 is 0 Å². The van der Waals surface area contributed by atoms with Gasteiger partial charge in [-0.15, -0.1) is 0 Å². The van der Waals surface area contributed by atoms with Gasteiger partial charge in [0.05, 0.1) is 12.2 Å². The molecule has 0 N–H and O–H groups in total. The smallest absolute Gasteiger partial charge is 0.289 e. The Balaban J connectivity index is 1.23. The molecule has 2 saturated heterocycles. The molecule has 1 aromatic carbocycles. The number of piperidine rings is 1. The van der Waals surface area contributed by atoms with Gasteiger partial charge < -0.3 is 23.7 Å².